The molecule has 1 aliphatic carbocycles. The summed E-state index contributed by atoms with van der Waals surface area (Å²) >= 11 is 3.45. The van der Waals surface area contributed by atoms with Gasteiger partial charge in [-0.2, -0.15) is 10.4 Å². The highest BCUT2D eigenvalue weighted by Crippen LogP contribution is 2.33. The molecule has 2 aromatic heterocycles. The highest BCUT2D eigenvalue weighted by Gasteiger charge is 2.22. The van der Waals surface area contributed by atoms with Gasteiger partial charge in [-0.05, 0) is 65.0 Å². The first kappa shape index (κ1) is 14.2. The molecular formula is C17H14BrN5. The lowest BCUT2D eigenvalue weighted by atomic mass is 9.91. The van der Waals surface area contributed by atoms with E-state index in [1.165, 1.54) is 5.56 Å². The third-order valence-electron chi connectivity index (χ3n) is 4.26. The highest BCUT2D eigenvalue weighted by atomic mass is 79.9. The third kappa shape index (κ3) is 2.57. The van der Waals surface area contributed by atoms with Crippen molar-refractivity contribution in [3.05, 3.63) is 51.9 Å². The Labute approximate surface area is 141 Å². The fraction of sp³-hybridized carbons (Fsp3) is 0.235. The molecule has 2 heterocycles. The lowest BCUT2D eigenvalue weighted by Crippen LogP contribution is -2.19. The van der Waals surface area contributed by atoms with Gasteiger partial charge in [0.05, 0.1) is 22.8 Å². The van der Waals surface area contributed by atoms with Crippen LogP contribution in [0.2, 0.25) is 0 Å². The van der Waals surface area contributed by atoms with Gasteiger partial charge in [0.1, 0.15) is 10.7 Å². The molecule has 2 N–H and O–H groups in total. The number of anilines is 1. The molecule has 1 unspecified atom stereocenters. The van der Waals surface area contributed by atoms with Gasteiger partial charge in [0.25, 0.3) is 0 Å². The predicted molar refractivity (Wildman–Crippen MR) is 92.0 cm³/mol. The minimum atomic E-state index is 0.176. The number of pyridine rings is 1. The summed E-state index contributed by atoms with van der Waals surface area (Å²) in [6.45, 7) is 0. The van der Waals surface area contributed by atoms with Gasteiger partial charge < -0.3 is 5.32 Å². The maximum Gasteiger partial charge on any atom is 0.135 e. The number of aryl methyl sites for hydroxylation is 1. The lowest BCUT2D eigenvalue weighted by molar-refractivity contribution is 0.583. The SMILES string of the molecule is N#Cc1cnc2c(c1)CCCC2Nc1ccc2[nH]nc(Br)c2c1. The van der Waals surface area contributed by atoms with E-state index in [9.17, 15) is 0 Å². The standard InChI is InChI=1S/C17H14BrN5/c18-17-13-7-12(4-5-14(13)22-23-17)21-15-3-1-2-11-6-10(8-19)9-20-16(11)15/h4-7,9,15,21H,1-3H2,(H,22,23). The number of nitriles is 1. The second-order valence-corrected chi connectivity index (χ2v) is 6.50. The third-order valence-corrected chi connectivity index (χ3v) is 4.86. The number of hydrogen-bond donors (Lipinski definition) is 2. The van der Waals surface area contributed by atoms with Crippen LogP contribution >= 0.6 is 15.9 Å². The molecular weight excluding hydrogens is 354 g/mol. The smallest absolute Gasteiger partial charge is 0.135 e. The number of nitrogens with zero attached hydrogens (tertiary/aromatic N) is 3. The summed E-state index contributed by atoms with van der Waals surface area (Å²) in [5, 5.41) is 20.8. The first-order valence-corrected chi connectivity index (χ1v) is 8.33. The van der Waals surface area contributed by atoms with E-state index < -0.39 is 0 Å². The van der Waals surface area contributed by atoms with Crippen molar-refractivity contribution >= 4 is 32.5 Å². The molecule has 0 spiro atoms. The Morgan fingerprint density at radius 1 is 1.35 bits per heavy atom. The molecule has 23 heavy (non-hydrogen) atoms. The zero-order valence-corrected chi connectivity index (χ0v) is 13.9. The highest BCUT2D eigenvalue weighted by molar-refractivity contribution is 9.10. The fourth-order valence-corrected chi connectivity index (χ4v) is 3.56. The van der Waals surface area contributed by atoms with Gasteiger partial charge in [0.2, 0.25) is 0 Å². The molecule has 1 aromatic carbocycles. The van der Waals surface area contributed by atoms with E-state index in [2.05, 4.69) is 48.6 Å². The van der Waals surface area contributed by atoms with Crippen LogP contribution in [0.1, 0.15) is 35.7 Å². The van der Waals surface area contributed by atoms with Crippen molar-refractivity contribution in [3.8, 4) is 6.07 Å². The Bertz CT molecular complexity index is 924. The number of H-pyrrole nitrogens is 1. The summed E-state index contributed by atoms with van der Waals surface area (Å²) in [7, 11) is 0. The maximum atomic E-state index is 9.03. The van der Waals surface area contributed by atoms with Gasteiger partial charge in [-0.1, -0.05) is 0 Å². The molecule has 3 aromatic rings. The van der Waals surface area contributed by atoms with Gasteiger partial charge in [-0.25, -0.2) is 0 Å². The summed E-state index contributed by atoms with van der Waals surface area (Å²) < 4.78 is 0.817. The summed E-state index contributed by atoms with van der Waals surface area (Å²) in [6.07, 6.45) is 4.78. The quantitative estimate of drug-likeness (QED) is 0.715. The van der Waals surface area contributed by atoms with Crippen LogP contribution in [0.5, 0.6) is 0 Å². The summed E-state index contributed by atoms with van der Waals surface area (Å²) in [6, 6.07) is 10.5. The van der Waals surface area contributed by atoms with E-state index in [0.29, 0.717) is 5.56 Å². The summed E-state index contributed by atoms with van der Waals surface area (Å²) in [5.74, 6) is 0. The number of nitrogens with one attached hydrogen (secondary N) is 2. The molecule has 0 aliphatic heterocycles. The number of benzene rings is 1. The average molecular weight is 368 g/mol. The van der Waals surface area contributed by atoms with E-state index in [4.69, 9.17) is 5.26 Å². The molecule has 114 valence electrons. The fourth-order valence-electron chi connectivity index (χ4n) is 3.14. The summed E-state index contributed by atoms with van der Waals surface area (Å²) in [5.41, 5.74) is 4.92. The van der Waals surface area contributed by atoms with E-state index in [0.717, 1.165) is 46.1 Å². The Balaban J connectivity index is 1.66. The minimum absolute atomic E-state index is 0.176. The van der Waals surface area contributed by atoms with Crippen LogP contribution < -0.4 is 5.32 Å². The first-order valence-electron chi connectivity index (χ1n) is 7.53. The van der Waals surface area contributed by atoms with Crippen LogP contribution in [-0.2, 0) is 6.42 Å². The topological polar surface area (TPSA) is 77.4 Å². The van der Waals surface area contributed by atoms with Crippen molar-refractivity contribution in [1.82, 2.24) is 15.2 Å². The van der Waals surface area contributed by atoms with Gasteiger partial charge >= 0.3 is 0 Å². The zero-order valence-electron chi connectivity index (χ0n) is 12.3. The molecule has 0 radical (unpaired) electrons. The number of hydrogen-bond acceptors (Lipinski definition) is 4. The number of rotatable bonds is 2. The maximum absolute atomic E-state index is 9.03. The van der Waals surface area contributed by atoms with Gasteiger partial charge in [-0.15, -0.1) is 0 Å². The molecule has 1 atom stereocenters. The van der Waals surface area contributed by atoms with E-state index in [-0.39, 0.29) is 6.04 Å². The van der Waals surface area contributed by atoms with Crippen molar-refractivity contribution in [1.29, 1.82) is 5.26 Å². The molecule has 0 fully saturated rings. The minimum Gasteiger partial charge on any atom is -0.377 e. The number of fused-ring (bicyclic) bond motifs is 2. The Morgan fingerprint density at radius 2 is 2.26 bits per heavy atom. The van der Waals surface area contributed by atoms with Crippen LogP contribution in [-0.4, -0.2) is 15.2 Å². The van der Waals surface area contributed by atoms with Gasteiger partial charge in [0, 0.05) is 17.3 Å². The lowest BCUT2D eigenvalue weighted by Gasteiger charge is -2.26. The molecule has 5 nitrogen and oxygen atoms in total. The average Bonchev–Trinajstić information content (AvgIpc) is 2.95. The van der Waals surface area contributed by atoms with Crippen LogP contribution in [0.3, 0.4) is 0 Å². The molecule has 0 saturated heterocycles. The molecule has 0 bridgehead atoms. The van der Waals surface area contributed by atoms with Crippen molar-refractivity contribution in [2.45, 2.75) is 25.3 Å². The molecule has 4 rings (SSSR count). The van der Waals surface area contributed by atoms with Crippen molar-refractivity contribution < 1.29 is 0 Å². The van der Waals surface area contributed by atoms with Crippen LogP contribution in [0.4, 0.5) is 5.69 Å². The first-order chi connectivity index (χ1) is 11.2. The Morgan fingerprint density at radius 3 is 3.13 bits per heavy atom. The van der Waals surface area contributed by atoms with Gasteiger partial charge in [-0.3, -0.25) is 10.1 Å². The van der Waals surface area contributed by atoms with Crippen molar-refractivity contribution in [2.75, 3.05) is 5.32 Å². The molecule has 0 amide bonds. The van der Waals surface area contributed by atoms with Crippen LogP contribution in [0.15, 0.2) is 35.1 Å². The van der Waals surface area contributed by atoms with E-state index in [1.807, 2.05) is 18.2 Å². The molecule has 0 saturated carbocycles. The number of halogens is 1. The van der Waals surface area contributed by atoms with Crippen LogP contribution in [0.25, 0.3) is 10.9 Å². The van der Waals surface area contributed by atoms with E-state index in [1.54, 1.807) is 6.20 Å². The number of aromatic nitrogens is 3. The van der Waals surface area contributed by atoms with Gasteiger partial charge in [0.15, 0.2) is 0 Å². The van der Waals surface area contributed by atoms with Crippen LogP contribution in [0, 0.1) is 11.3 Å². The number of aromatic amines is 1. The molecule has 6 heteroatoms. The van der Waals surface area contributed by atoms with Crippen molar-refractivity contribution in [2.24, 2.45) is 0 Å². The second kappa shape index (κ2) is 5.67. The Hall–Kier alpha value is -2.39. The largest absolute Gasteiger partial charge is 0.377 e. The van der Waals surface area contributed by atoms with E-state index >= 15 is 0 Å². The zero-order chi connectivity index (χ0) is 15.8. The molecule has 1 aliphatic rings. The normalized spacial score (nSPS) is 16.8. The Kier molecular flexibility index (Phi) is 3.50. The predicted octanol–water partition coefficient (Wildman–Crippen LogP) is 4.08. The monoisotopic (exact) mass is 367 g/mol. The summed E-state index contributed by atoms with van der Waals surface area (Å²) in [4.78, 5) is 4.52. The van der Waals surface area contributed by atoms with Crippen molar-refractivity contribution in [3.63, 3.8) is 0 Å². The second-order valence-electron chi connectivity index (χ2n) is 5.74.